The minimum atomic E-state index is -1.53. The van der Waals surface area contributed by atoms with Gasteiger partial charge in [0, 0.05) is 6.42 Å². The Labute approximate surface area is 388 Å². The maximum atomic E-state index is 13.1. The third-order valence-electron chi connectivity index (χ3n) is 13.6. The van der Waals surface area contributed by atoms with Gasteiger partial charge in [0.2, 0.25) is 5.91 Å². The smallest absolute Gasteiger partial charge is 0.220 e. The third-order valence-corrected chi connectivity index (χ3v) is 13.6. The second kappa shape index (κ2) is 43.5. The molecule has 0 aliphatic carbocycles. The van der Waals surface area contributed by atoms with Gasteiger partial charge in [-0.25, -0.2) is 0 Å². The van der Waals surface area contributed by atoms with Crippen LogP contribution in [0.3, 0.4) is 0 Å². The molecule has 1 fully saturated rings. The fourth-order valence-electron chi connectivity index (χ4n) is 9.23. The molecule has 0 saturated carbocycles. The Morgan fingerprint density at radius 2 is 0.825 bits per heavy atom. The van der Waals surface area contributed by atoms with Gasteiger partial charge in [-0.15, -0.1) is 0 Å². The SMILES string of the molecule is CCCCCCCCCCCCCCCCCCCCCCCCCCCCC(=O)N[C@@H](/C=C/[C@H]1O[C@H](CO)[C@H](O)[C@H](O)[C@H]1O)[C@H](O)[C@H](O)CCCCCCCCCCCCCC. The number of hydrogen-bond acceptors (Lipinski definition) is 8. The lowest BCUT2D eigenvalue weighted by Gasteiger charge is -2.39. The Morgan fingerprint density at radius 3 is 1.17 bits per heavy atom. The number of ether oxygens (including phenoxy) is 1. The van der Waals surface area contributed by atoms with Crippen LogP contribution in [0.1, 0.15) is 271 Å². The van der Waals surface area contributed by atoms with Gasteiger partial charge in [0.05, 0.1) is 18.8 Å². The highest BCUT2D eigenvalue weighted by atomic mass is 16.5. The predicted molar refractivity (Wildman–Crippen MR) is 263 cm³/mol. The molecule has 374 valence electrons. The van der Waals surface area contributed by atoms with Gasteiger partial charge in [-0.05, 0) is 12.8 Å². The van der Waals surface area contributed by atoms with E-state index in [2.05, 4.69) is 19.2 Å². The number of aliphatic hydroxyl groups is 6. The average molecular weight is 896 g/mol. The normalized spacial score (nSPS) is 20.7. The molecule has 0 bridgehead atoms. The molecule has 9 heteroatoms. The Balaban J connectivity index is 2.23. The van der Waals surface area contributed by atoms with Gasteiger partial charge in [0.15, 0.2) is 0 Å². The summed E-state index contributed by atoms with van der Waals surface area (Å²) in [4.78, 5) is 13.1. The molecule has 1 rings (SSSR count). The average Bonchev–Trinajstić information content (AvgIpc) is 3.28. The van der Waals surface area contributed by atoms with Crippen molar-refractivity contribution < 1.29 is 40.2 Å². The summed E-state index contributed by atoms with van der Waals surface area (Å²) < 4.78 is 5.61. The van der Waals surface area contributed by atoms with Crippen LogP contribution in [0.4, 0.5) is 0 Å². The van der Waals surface area contributed by atoms with Crippen LogP contribution in [-0.2, 0) is 9.53 Å². The molecule has 7 N–H and O–H groups in total. The lowest BCUT2D eigenvalue weighted by atomic mass is 9.93. The van der Waals surface area contributed by atoms with Crippen LogP contribution < -0.4 is 5.32 Å². The number of rotatable bonds is 46. The zero-order valence-electron chi connectivity index (χ0n) is 41.3. The lowest BCUT2D eigenvalue weighted by Crippen LogP contribution is -2.58. The Kier molecular flexibility index (Phi) is 41.4. The summed E-state index contributed by atoms with van der Waals surface area (Å²) in [6, 6.07) is -0.943. The summed E-state index contributed by atoms with van der Waals surface area (Å²) in [7, 11) is 0. The highest BCUT2D eigenvalue weighted by molar-refractivity contribution is 5.76. The molecule has 1 aliphatic heterocycles. The van der Waals surface area contributed by atoms with E-state index in [1.807, 2.05) is 0 Å². The van der Waals surface area contributed by atoms with Gasteiger partial charge in [0.25, 0.3) is 0 Å². The molecule has 1 heterocycles. The van der Waals surface area contributed by atoms with Gasteiger partial charge in [0.1, 0.15) is 36.6 Å². The van der Waals surface area contributed by atoms with Crippen molar-refractivity contribution in [3.8, 4) is 0 Å². The largest absolute Gasteiger partial charge is 0.394 e. The maximum absolute atomic E-state index is 13.1. The maximum Gasteiger partial charge on any atom is 0.220 e. The van der Waals surface area contributed by atoms with Crippen LogP contribution in [0.5, 0.6) is 0 Å². The molecular weight excluding hydrogens is 791 g/mol. The number of nitrogens with one attached hydrogen (secondary N) is 1. The van der Waals surface area contributed by atoms with E-state index < -0.39 is 55.4 Å². The first-order valence-electron chi connectivity index (χ1n) is 27.4. The van der Waals surface area contributed by atoms with E-state index in [4.69, 9.17) is 4.74 Å². The van der Waals surface area contributed by atoms with E-state index in [1.54, 1.807) is 0 Å². The fourth-order valence-corrected chi connectivity index (χ4v) is 9.23. The van der Waals surface area contributed by atoms with Crippen LogP contribution in [-0.4, -0.2) is 91.9 Å². The Morgan fingerprint density at radius 1 is 0.492 bits per heavy atom. The van der Waals surface area contributed by atoms with E-state index in [0.717, 1.165) is 38.5 Å². The molecule has 63 heavy (non-hydrogen) atoms. The van der Waals surface area contributed by atoms with Crippen LogP contribution in [0.15, 0.2) is 12.2 Å². The Hall–Kier alpha value is -1.07. The second-order valence-corrected chi connectivity index (χ2v) is 19.6. The lowest BCUT2D eigenvalue weighted by molar-refractivity contribution is -0.216. The van der Waals surface area contributed by atoms with Crippen molar-refractivity contribution in [3.05, 3.63) is 12.2 Å². The van der Waals surface area contributed by atoms with Gasteiger partial charge in [-0.2, -0.15) is 0 Å². The predicted octanol–water partition coefficient (Wildman–Crippen LogP) is 12.2. The van der Waals surface area contributed by atoms with E-state index >= 15 is 0 Å². The summed E-state index contributed by atoms with van der Waals surface area (Å²) >= 11 is 0. The molecule has 0 spiro atoms. The van der Waals surface area contributed by atoms with Crippen molar-refractivity contribution in [2.24, 2.45) is 0 Å². The van der Waals surface area contributed by atoms with Crippen molar-refractivity contribution in [1.29, 1.82) is 0 Å². The summed E-state index contributed by atoms with van der Waals surface area (Å²) in [5, 5.41) is 65.6. The van der Waals surface area contributed by atoms with E-state index in [0.29, 0.717) is 12.8 Å². The number of unbranched alkanes of at least 4 members (excludes halogenated alkanes) is 36. The van der Waals surface area contributed by atoms with Gasteiger partial charge >= 0.3 is 0 Å². The number of amides is 1. The molecular formula is C54H105NO8. The van der Waals surface area contributed by atoms with Crippen LogP contribution in [0, 0.1) is 0 Å². The van der Waals surface area contributed by atoms with Gasteiger partial charge in [-0.3, -0.25) is 4.79 Å². The number of carbonyl (C=O) groups excluding carboxylic acids is 1. The minimum Gasteiger partial charge on any atom is -0.394 e. The molecule has 1 amide bonds. The standard InChI is InChI=1S/C54H105NO8/c1-3-5-7-9-11-13-15-17-18-19-20-21-22-23-24-25-26-27-28-29-30-32-34-36-38-40-42-50(58)55-46(43-44-48-52(60)54(62)53(61)49(45-56)63-48)51(59)47(57)41-39-37-35-33-31-16-14-12-10-8-6-4-2/h43-44,46-49,51-54,56-57,59-62H,3-42,45H2,1-2H3,(H,55,58)/b44-43+/t46-,47+,48+,49+,51-,52-,53-,54+/m0/s1. The summed E-state index contributed by atoms with van der Waals surface area (Å²) in [6.07, 6.45) is 43.7. The minimum absolute atomic E-state index is 0.223. The number of carbonyl (C=O) groups is 1. The number of hydrogen-bond donors (Lipinski definition) is 7. The topological polar surface area (TPSA) is 160 Å². The van der Waals surface area contributed by atoms with E-state index in [-0.39, 0.29) is 5.91 Å². The molecule has 1 aliphatic rings. The molecule has 8 atom stereocenters. The van der Waals surface area contributed by atoms with Crippen LogP contribution in [0.25, 0.3) is 0 Å². The third kappa shape index (κ3) is 33.1. The van der Waals surface area contributed by atoms with Crippen molar-refractivity contribution in [1.82, 2.24) is 5.32 Å². The molecule has 0 aromatic rings. The molecule has 0 radical (unpaired) electrons. The molecule has 0 aromatic carbocycles. The van der Waals surface area contributed by atoms with Crippen LogP contribution in [0.2, 0.25) is 0 Å². The quantitative estimate of drug-likeness (QED) is 0.0235. The highest BCUT2D eigenvalue weighted by Crippen LogP contribution is 2.23. The molecule has 0 aromatic heterocycles. The summed E-state index contributed by atoms with van der Waals surface area (Å²) in [5.74, 6) is -0.223. The first-order chi connectivity index (χ1) is 30.8. The zero-order valence-corrected chi connectivity index (χ0v) is 41.3. The molecule has 0 unspecified atom stereocenters. The number of aliphatic hydroxyl groups excluding tert-OH is 6. The summed E-state index contributed by atoms with van der Waals surface area (Å²) in [5.41, 5.74) is 0. The molecule has 1 saturated heterocycles. The first-order valence-corrected chi connectivity index (χ1v) is 27.4. The first kappa shape index (κ1) is 59.9. The Bertz CT molecular complexity index is 1010. The fraction of sp³-hybridized carbons (Fsp3) is 0.944. The summed E-state index contributed by atoms with van der Waals surface area (Å²) in [6.45, 7) is 3.99. The van der Waals surface area contributed by atoms with Crippen molar-refractivity contribution in [3.63, 3.8) is 0 Å². The zero-order chi connectivity index (χ0) is 46.0. The van der Waals surface area contributed by atoms with Crippen molar-refractivity contribution in [2.75, 3.05) is 6.61 Å². The second-order valence-electron chi connectivity index (χ2n) is 19.6. The highest BCUT2D eigenvalue weighted by Gasteiger charge is 2.42. The van der Waals surface area contributed by atoms with E-state index in [9.17, 15) is 35.4 Å². The van der Waals surface area contributed by atoms with Crippen LogP contribution >= 0.6 is 0 Å². The monoisotopic (exact) mass is 896 g/mol. The van der Waals surface area contributed by atoms with Crippen molar-refractivity contribution >= 4 is 5.91 Å². The van der Waals surface area contributed by atoms with Gasteiger partial charge < -0.3 is 40.7 Å². The van der Waals surface area contributed by atoms with Gasteiger partial charge in [-0.1, -0.05) is 264 Å². The van der Waals surface area contributed by atoms with E-state index in [1.165, 1.54) is 218 Å². The molecule has 9 nitrogen and oxygen atoms in total. The van der Waals surface area contributed by atoms with Crippen molar-refractivity contribution in [2.45, 2.75) is 319 Å².